The number of nitrogens with one attached hydrogen (secondary N) is 1. The van der Waals surface area contributed by atoms with E-state index in [0.717, 1.165) is 10.1 Å². The molecule has 0 fully saturated rings. The molecule has 7 nitrogen and oxygen atoms in total. The second-order valence-electron chi connectivity index (χ2n) is 7.84. The van der Waals surface area contributed by atoms with Crippen LogP contribution in [0, 0.1) is 5.82 Å². The summed E-state index contributed by atoms with van der Waals surface area (Å²) in [6.45, 7) is 0.958. The maximum atomic E-state index is 13.7. The maximum absolute atomic E-state index is 13.7. The molecule has 1 heterocycles. The normalized spacial score (nSPS) is 11.0. The van der Waals surface area contributed by atoms with Crippen molar-refractivity contribution in [3.8, 4) is 5.69 Å². The molecule has 0 aliphatic heterocycles. The molecule has 1 N–H and O–H groups in total. The molecule has 0 unspecified atom stereocenters. The van der Waals surface area contributed by atoms with Crippen LogP contribution in [-0.4, -0.2) is 35.3 Å². The summed E-state index contributed by atoms with van der Waals surface area (Å²) in [5, 5.41) is 3.13. The van der Waals surface area contributed by atoms with Crippen LogP contribution in [0.3, 0.4) is 0 Å². The molecule has 0 bridgehead atoms. The third-order valence-electron chi connectivity index (χ3n) is 5.47. The van der Waals surface area contributed by atoms with Crippen LogP contribution in [0.15, 0.2) is 82.4 Å². The van der Waals surface area contributed by atoms with E-state index in [-0.39, 0.29) is 18.9 Å². The number of hydrogen-bond donors (Lipinski definition) is 1. The molecule has 0 spiro atoms. The number of para-hydroxylation sites is 1. The second kappa shape index (κ2) is 10.3. The largest absolute Gasteiger partial charge is 0.383 e. The third-order valence-corrected chi connectivity index (χ3v) is 5.47. The van der Waals surface area contributed by atoms with Crippen molar-refractivity contribution < 1.29 is 13.9 Å². The Bertz CT molecular complexity index is 1440. The van der Waals surface area contributed by atoms with Crippen LogP contribution >= 0.6 is 0 Å². The van der Waals surface area contributed by atoms with Gasteiger partial charge in [0.1, 0.15) is 5.82 Å². The van der Waals surface area contributed by atoms with E-state index in [9.17, 15) is 18.8 Å². The number of rotatable bonds is 8. The van der Waals surface area contributed by atoms with Crippen molar-refractivity contribution in [3.63, 3.8) is 0 Å². The van der Waals surface area contributed by atoms with Gasteiger partial charge < -0.3 is 10.1 Å². The Hall–Kier alpha value is -4.04. The van der Waals surface area contributed by atoms with Gasteiger partial charge in [-0.15, -0.1) is 0 Å². The fraction of sp³-hybridized carbons (Fsp3) is 0.192. The minimum Gasteiger partial charge on any atom is -0.383 e. The predicted octanol–water partition coefficient (Wildman–Crippen LogP) is 2.64. The number of amides is 1. The first-order valence-corrected chi connectivity index (χ1v) is 10.8. The van der Waals surface area contributed by atoms with Crippen molar-refractivity contribution in [2.24, 2.45) is 0 Å². The number of carbonyl (C=O) groups is 1. The zero-order valence-electron chi connectivity index (χ0n) is 18.7. The monoisotopic (exact) mass is 461 g/mol. The number of hydrogen-bond acceptors (Lipinski definition) is 4. The Morgan fingerprint density at radius 3 is 2.47 bits per heavy atom. The lowest BCUT2D eigenvalue weighted by molar-refractivity contribution is -0.120. The summed E-state index contributed by atoms with van der Waals surface area (Å²) >= 11 is 0. The number of nitrogens with zero attached hydrogens (tertiary/aromatic N) is 2. The van der Waals surface area contributed by atoms with E-state index in [1.165, 1.54) is 16.7 Å². The molecule has 8 heteroatoms. The molecule has 174 valence electrons. The Labute approximate surface area is 195 Å². The second-order valence-corrected chi connectivity index (χ2v) is 7.84. The SMILES string of the molecule is COCCNC(=O)Cc1ccc(-n2c(=O)c3ccccc3n(Cc3cccc(F)c3)c2=O)cc1. The fourth-order valence-electron chi connectivity index (χ4n) is 3.82. The highest BCUT2D eigenvalue weighted by atomic mass is 19.1. The first-order chi connectivity index (χ1) is 16.5. The van der Waals surface area contributed by atoms with Crippen LogP contribution in [0.5, 0.6) is 0 Å². The zero-order chi connectivity index (χ0) is 24.1. The van der Waals surface area contributed by atoms with Crippen molar-refractivity contribution in [2.75, 3.05) is 20.3 Å². The summed E-state index contributed by atoms with van der Waals surface area (Å²) < 4.78 is 21.2. The highest BCUT2D eigenvalue weighted by Crippen LogP contribution is 2.14. The number of halogens is 1. The van der Waals surface area contributed by atoms with E-state index in [4.69, 9.17) is 4.74 Å². The average molecular weight is 461 g/mol. The van der Waals surface area contributed by atoms with Crippen molar-refractivity contribution in [1.29, 1.82) is 0 Å². The molecule has 1 amide bonds. The number of benzene rings is 3. The van der Waals surface area contributed by atoms with Gasteiger partial charge in [-0.2, -0.15) is 0 Å². The van der Waals surface area contributed by atoms with E-state index in [1.54, 1.807) is 67.8 Å². The van der Waals surface area contributed by atoms with Gasteiger partial charge in [-0.05, 0) is 47.5 Å². The van der Waals surface area contributed by atoms with Crippen molar-refractivity contribution in [1.82, 2.24) is 14.5 Å². The Morgan fingerprint density at radius 2 is 1.74 bits per heavy atom. The molecule has 0 radical (unpaired) electrons. The van der Waals surface area contributed by atoms with E-state index >= 15 is 0 Å². The Balaban J connectivity index is 1.72. The molecule has 0 saturated carbocycles. The van der Waals surface area contributed by atoms with Gasteiger partial charge in [-0.3, -0.25) is 14.2 Å². The van der Waals surface area contributed by atoms with Crippen LogP contribution in [0.25, 0.3) is 16.6 Å². The molecular weight excluding hydrogens is 437 g/mol. The average Bonchev–Trinajstić information content (AvgIpc) is 2.83. The molecule has 4 rings (SSSR count). The lowest BCUT2D eigenvalue weighted by Crippen LogP contribution is -2.39. The van der Waals surface area contributed by atoms with Crippen LogP contribution in [-0.2, 0) is 22.5 Å². The van der Waals surface area contributed by atoms with Gasteiger partial charge in [-0.25, -0.2) is 13.8 Å². The van der Waals surface area contributed by atoms with E-state index in [1.807, 2.05) is 0 Å². The number of fused-ring (bicyclic) bond motifs is 1. The summed E-state index contributed by atoms with van der Waals surface area (Å²) in [4.78, 5) is 38.7. The van der Waals surface area contributed by atoms with Crippen LogP contribution in [0.1, 0.15) is 11.1 Å². The molecule has 34 heavy (non-hydrogen) atoms. The first-order valence-electron chi connectivity index (χ1n) is 10.8. The van der Waals surface area contributed by atoms with Gasteiger partial charge in [0.25, 0.3) is 5.56 Å². The van der Waals surface area contributed by atoms with Crippen LogP contribution in [0.4, 0.5) is 4.39 Å². The Kier molecular flexibility index (Phi) is 6.98. The maximum Gasteiger partial charge on any atom is 0.336 e. The van der Waals surface area contributed by atoms with Crippen molar-refractivity contribution in [2.45, 2.75) is 13.0 Å². The number of ether oxygens (including phenoxy) is 1. The van der Waals surface area contributed by atoms with Crippen molar-refractivity contribution >= 4 is 16.8 Å². The smallest absolute Gasteiger partial charge is 0.336 e. The van der Waals surface area contributed by atoms with Crippen LogP contribution < -0.4 is 16.6 Å². The van der Waals surface area contributed by atoms with E-state index < -0.39 is 17.1 Å². The van der Waals surface area contributed by atoms with E-state index in [2.05, 4.69) is 5.32 Å². The van der Waals surface area contributed by atoms with Gasteiger partial charge in [0.2, 0.25) is 5.91 Å². The highest BCUT2D eigenvalue weighted by molar-refractivity contribution is 5.79. The lowest BCUT2D eigenvalue weighted by atomic mass is 10.1. The third kappa shape index (κ3) is 4.97. The van der Waals surface area contributed by atoms with Gasteiger partial charge in [0.05, 0.1) is 36.2 Å². The van der Waals surface area contributed by atoms with E-state index in [0.29, 0.717) is 35.3 Å². The van der Waals surface area contributed by atoms with Gasteiger partial charge in [-0.1, -0.05) is 36.4 Å². The number of carbonyl (C=O) groups excluding carboxylic acids is 1. The summed E-state index contributed by atoms with van der Waals surface area (Å²) in [5.41, 5.74) is 1.23. The predicted molar refractivity (Wildman–Crippen MR) is 128 cm³/mol. The molecule has 0 atom stereocenters. The standard InChI is InChI=1S/C26H24FN3O4/c1-34-14-13-28-24(31)16-18-9-11-21(12-10-18)30-25(32)22-7-2-3-8-23(22)29(26(30)33)17-19-5-4-6-20(27)15-19/h2-12,15H,13-14,16-17H2,1H3,(H,28,31). The minimum atomic E-state index is -0.530. The van der Waals surface area contributed by atoms with Crippen LogP contribution in [0.2, 0.25) is 0 Å². The first kappa shape index (κ1) is 23.1. The minimum absolute atomic E-state index is 0.108. The zero-order valence-corrected chi connectivity index (χ0v) is 18.7. The quantitative estimate of drug-likeness (QED) is 0.409. The Morgan fingerprint density at radius 1 is 0.971 bits per heavy atom. The summed E-state index contributed by atoms with van der Waals surface area (Å²) in [6, 6.07) is 19.6. The molecule has 1 aromatic heterocycles. The van der Waals surface area contributed by atoms with Gasteiger partial charge >= 0.3 is 5.69 Å². The molecule has 0 aliphatic carbocycles. The van der Waals surface area contributed by atoms with Gasteiger partial charge in [0.15, 0.2) is 0 Å². The number of methoxy groups -OCH3 is 1. The fourth-order valence-corrected chi connectivity index (χ4v) is 3.82. The summed E-state index contributed by atoms with van der Waals surface area (Å²) in [6.07, 6.45) is 0.167. The van der Waals surface area contributed by atoms with Crippen molar-refractivity contribution in [3.05, 3.63) is 111 Å². The summed E-state index contributed by atoms with van der Waals surface area (Å²) in [5.74, 6) is -0.546. The molecule has 4 aromatic rings. The van der Waals surface area contributed by atoms with Gasteiger partial charge in [0, 0.05) is 13.7 Å². The molecule has 0 aliphatic rings. The summed E-state index contributed by atoms with van der Waals surface area (Å²) in [7, 11) is 1.56. The molecule has 0 saturated heterocycles. The highest BCUT2D eigenvalue weighted by Gasteiger charge is 2.15. The molecule has 3 aromatic carbocycles. The molecular formula is C26H24FN3O4. The topological polar surface area (TPSA) is 82.3 Å². The number of aromatic nitrogens is 2. The lowest BCUT2D eigenvalue weighted by Gasteiger charge is -2.15.